The van der Waals surface area contributed by atoms with Crippen LogP contribution in [0.4, 0.5) is 0 Å². The highest BCUT2D eigenvalue weighted by molar-refractivity contribution is 6.06. The van der Waals surface area contributed by atoms with Gasteiger partial charge in [-0.3, -0.25) is 14.5 Å². The largest absolute Gasteiger partial charge is 0.383 e. The van der Waals surface area contributed by atoms with Gasteiger partial charge in [0.2, 0.25) is 11.8 Å². The lowest BCUT2D eigenvalue weighted by molar-refractivity contribution is -0.139. The molecule has 6 heteroatoms. The molecule has 19 heavy (non-hydrogen) atoms. The van der Waals surface area contributed by atoms with Crippen LogP contribution < -0.4 is 5.32 Å². The first-order chi connectivity index (χ1) is 9.13. The van der Waals surface area contributed by atoms with Crippen molar-refractivity contribution in [3.8, 4) is 0 Å². The number of likely N-dealkylation sites (tertiary alicyclic amines) is 1. The van der Waals surface area contributed by atoms with E-state index in [4.69, 9.17) is 4.74 Å². The molecule has 1 saturated heterocycles. The van der Waals surface area contributed by atoms with E-state index in [9.17, 15) is 9.59 Å². The number of nitrogens with zero attached hydrogens (tertiary/aromatic N) is 2. The molecule has 1 aliphatic heterocycles. The average Bonchev–Trinajstić information content (AvgIpc) is 3.15. The fourth-order valence-electron chi connectivity index (χ4n) is 2.32. The van der Waals surface area contributed by atoms with Gasteiger partial charge in [0.1, 0.15) is 0 Å². The average molecular weight is 269 g/mol. The summed E-state index contributed by atoms with van der Waals surface area (Å²) in [5.41, 5.74) is 0. The highest BCUT2D eigenvalue weighted by Crippen LogP contribution is 2.31. The topological polar surface area (TPSA) is 61.9 Å². The molecule has 2 amide bonds. The van der Waals surface area contributed by atoms with Crippen LogP contribution in [-0.2, 0) is 14.3 Å². The molecule has 0 aromatic rings. The summed E-state index contributed by atoms with van der Waals surface area (Å²) in [5.74, 6) is -0.0511. The Morgan fingerprint density at radius 2 is 2.11 bits per heavy atom. The van der Waals surface area contributed by atoms with Gasteiger partial charge in [-0.15, -0.1) is 0 Å². The number of hydrogen-bond donors (Lipinski definition) is 1. The molecule has 1 unspecified atom stereocenters. The summed E-state index contributed by atoms with van der Waals surface area (Å²) in [7, 11) is 3.69. The Hall–Kier alpha value is -0.980. The molecule has 0 spiro atoms. The zero-order valence-electron chi connectivity index (χ0n) is 11.7. The summed E-state index contributed by atoms with van der Waals surface area (Å²) < 4.78 is 5.00. The third kappa shape index (κ3) is 3.75. The molecule has 2 aliphatic rings. The van der Waals surface area contributed by atoms with E-state index in [1.807, 2.05) is 7.05 Å². The van der Waals surface area contributed by atoms with Gasteiger partial charge in [-0.25, -0.2) is 0 Å². The molecule has 2 rings (SSSR count). The fourth-order valence-corrected chi connectivity index (χ4v) is 2.32. The van der Waals surface area contributed by atoms with E-state index in [0.717, 1.165) is 25.9 Å². The third-order valence-corrected chi connectivity index (χ3v) is 3.66. The van der Waals surface area contributed by atoms with Gasteiger partial charge in [0.15, 0.2) is 0 Å². The molecule has 1 heterocycles. The number of carbonyl (C=O) groups is 2. The summed E-state index contributed by atoms with van der Waals surface area (Å²) in [6.07, 6.45) is 2.27. The first kappa shape index (κ1) is 14.4. The van der Waals surface area contributed by atoms with Gasteiger partial charge in [-0.1, -0.05) is 0 Å². The van der Waals surface area contributed by atoms with E-state index in [2.05, 4.69) is 10.2 Å². The number of imide groups is 1. The van der Waals surface area contributed by atoms with Crippen LogP contribution >= 0.6 is 0 Å². The number of methoxy groups -OCH3 is 1. The Labute approximate surface area is 114 Å². The molecule has 0 aromatic carbocycles. The van der Waals surface area contributed by atoms with Crippen LogP contribution in [0.2, 0.25) is 0 Å². The van der Waals surface area contributed by atoms with E-state index in [1.165, 1.54) is 4.90 Å². The van der Waals surface area contributed by atoms with Crippen molar-refractivity contribution in [2.24, 2.45) is 0 Å². The maximum absolute atomic E-state index is 12.1. The molecule has 1 aliphatic carbocycles. The maximum atomic E-state index is 12.1. The smallest absolute Gasteiger partial charge is 0.247 e. The van der Waals surface area contributed by atoms with Crippen LogP contribution in [-0.4, -0.2) is 74.1 Å². The van der Waals surface area contributed by atoms with E-state index >= 15 is 0 Å². The van der Waals surface area contributed by atoms with Crippen molar-refractivity contribution in [2.45, 2.75) is 31.3 Å². The van der Waals surface area contributed by atoms with Crippen molar-refractivity contribution in [1.82, 2.24) is 15.1 Å². The maximum Gasteiger partial charge on any atom is 0.247 e. The Morgan fingerprint density at radius 1 is 1.37 bits per heavy atom. The third-order valence-electron chi connectivity index (χ3n) is 3.66. The molecular formula is C13H23N3O3. The summed E-state index contributed by atoms with van der Waals surface area (Å²) in [6, 6.07) is -0.125. The van der Waals surface area contributed by atoms with Gasteiger partial charge in [-0.05, 0) is 19.9 Å². The number of ether oxygens (including phenoxy) is 1. The van der Waals surface area contributed by atoms with Crippen LogP contribution in [0.25, 0.3) is 0 Å². The number of amides is 2. The van der Waals surface area contributed by atoms with Crippen molar-refractivity contribution in [2.75, 3.05) is 40.4 Å². The number of carbonyl (C=O) groups excluding carboxylic acids is 2. The summed E-state index contributed by atoms with van der Waals surface area (Å²) in [6.45, 7) is 3.11. The minimum atomic E-state index is -0.316. The first-order valence-corrected chi connectivity index (χ1v) is 6.90. The fraction of sp³-hybridized carbons (Fsp3) is 0.846. The van der Waals surface area contributed by atoms with Crippen molar-refractivity contribution < 1.29 is 14.3 Å². The standard InChI is InChI=1S/C13H23N3O3/c1-15(7-8-19-2)6-5-14-11-9-12(17)16(13(11)18)10-3-4-10/h10-11,14H,3-9H2,1-2H3. The zero-order valence-corrected chi connectivity index (χ0v) is 11.7. The van der Waals surface area contributed by atoms with Crippen LogP contribution in [0, 0.1) is 0 Å². The first-order valence-electron chi connectivity index (χ1n) is 6.90. The molecule has 1 saturated carbocycles. The highest BCUT2D eigenvalue weighted by atomic mass is 16.5. The van der Waals surface area contributed by atoms with Gasteiger partial charge in [0, 0.05) is 32.8 Å². The lowest BCUT2D eigenvalue weighted by Crippen LogP contribution is -2.42. The van der Waals surface area contributed by atoms with Crippen molar-refractivity contribution in [3.63, 3.8) is 0 Å². The Bertz CT molecular complexity index is 344. The van der Waals surface area contributed by atoms with Crippen LogP contribution in [0.1, 0.15) is 19.3 Å². The molecule has 1 atom stereocenters. The lowest BCUT2D eigenvalue weighted by atomic mass is 10.2. The second-order valence-corrected chi connectivity index (χ2v) is 5.34. The SMILES string of the molecule is COCCN(C)CCNC1CC(=O)N(C2CC2)C1=O. The van der Waals surface area contributed by atoms with Gasteiger partial charge >= 0.3 is 0 Å². The van der Waals surface area contributed by atoms with E-state index < -0.39 is 0 Å². The quantitative estimate of drug-likeness (QED) is 0.599. The molecule has 0 bridgehead atoms. The van der Waals surface area contributed by atoms with Crippen molar-refractivity contribution >= 4 is 11.8 Å². The predicted octanol–water partition coefficient (Wildman–Crippen LogP) is -0.556. The summed E-state index contributed by atoms with van der Waals surface area (Å²) >= 11 is 0. The van der Waals surface area contributed by atoms with Crippen molar-refractivity contribution in [1.29, 1.82) is 0 Å². The molecule has 0 radical (unpaired) electrons. The second-order valence-electron chi connectivity index (χ2n) is 5.34. The number of likely N-dealkylation sites (N-methyl/N-ethyl adjacent to an activating group) is 1. The molecule has 1 N–H and O–H groups in total. The minimum absolute atomic E-state index is 0.0160. The van der Waals surface area contributed by atoms with Gasteiger partial charge in [-0.2, -0.15) is 0 Å². The normalized spacial score (nSPS) is 23.7. The van der Waals surface area contributed by atoms with Crippen LogP contribution in [0.3, 0.4) is 0 Å². The molecular weight excluding hydrogens is 246 g/mol. The number of hydrogen-bond acceptors (Lipinski definition) is 5. The Kier molecular flexibility index (Phi) is 4.90. The summed E-state index contributed by atoms with van der Waals surface area (Å²) in [5, 5.41) is 3.19. The highest BCUT2D eigenvalue weighted by Gasteiger charge is 2.45. The molecule has 108 valence electrons. The van der Waals surface area contributed by atoms with Gasteiger partial charge in [0.05, 0.1) is 19.1 Å². The second kappa shape index (κ2) is 6.45. The molecule has 6 nitrogen and oxygen atoms in total. The molecule has 0 aromatic heterocycles. The molecule has 2 fully saturated rings. The van der Waals surface area contributed by atoms with Crippen LogP contribution in [0.15, 0.2) is 0 Å². The van der Waals surface area contributed by atoms with Gasteiger partial charge < -0.3 is 15.0 Å². The monoisotopic (exact) mass is 269 g/mol. The summed E-state index contributed by atoms with van der Waals surface area (Å²) in [4.78, 5) is 27.4. The van der Waals surface area contributed by atoms with E-state index in [1.54, 1.807) is 7.11 Å². The van der Waals surface area contributed by atoms with Crippen molar-refractivity contribution in [3.05, 3.63) is 0 Å². The Balaban J connectivity index is 1.69. The number of rotatable bonds is 8. The Morgan fingerprint density at radius 3 is 2.74 bits per heavy atom. The predicted molar refractivity (Wildman–Crippen MR) is 70.7 cm³/mol. The number of nitrogens with one attached hydrogen (secondary N) is 1. The zero-order chi connectivity index (χ0) is 13.8. The van der Waals surface area contributed by atoms with Gasteiger partial charge in [0.25, 0.3) is 0 Å². The van der Waals surface area contributed by atoms with E-state index in [-0.39, 0.29) is 23.9 Å². The van der Waals surface area contributed by atoms with Crippen LogP contribution in [0.5, 0.6) is 0 Å². The van der Waals surface area contributed by atoms with E-state index in [0.29, 0.717) is 19.6 Å². The lowest BCUT2D eigenvalue weighted by Gasteiger charge is -2.18. The minimum Gasteiger partial charge on any atom is -0.383 e.